The van der Waals surface area contributed by atoms with Gasteiger partial charge in [0, 0.05) is 0 Å². The second-order valence-corrected chi connectivity index (χ2v) is 6.84. The van der Waals surface area contributed by atoms with E-state index in [0.717, 1.165) is 29.1 Å². The van der Waals surface area contributed by atoms with Crippen LogP contribution in [-0.2, 0) is 0 Å². The monoisotopic (exact) mass is 343 g/mol. The molecular weight excluding hydrogens is 325 g/mol. The van der Waals surface area contributed by atoms with Gasteiger partial charge in [-0.05, 0) is 48.1 Å². The summed E-state index contributed by atoms with van der Waals surface area (Å²) in [5.74, 6) is 0.340. The van der Waals surface area contributed by atoms with Gasteiger partial charge in [0.25, 0.3) is 0 Å². The van der Waals surface area contributed by atoms with Crippen molar-refractivity contribution in [3.63, 3.8) is 0 Å². The van der Waals surface area contributed by atoms with Crippen molar-refractivity contribution in [1.82, 2.24) is 14.9 Å². The average Bonchev–Trinajstić information content (AvgIpc) is 2.92. The standard InChI is InChI=1S/C15H19Cl2N3S/c1-4-7-18-14(10-5-6-11(16)12(17)8-10)15-13(9(2)3)19-20-21-15/h5-6,8-9,14,18H,4,7H2,1-3H3. The Labute approximate surface area is 139 Å². The Bertz CT molecular complexity index is 598. The molecule has 0 fully saturated rings. The van der Waals surface area contributed by atoms with Gasteiger partial charge >= 0.3 is 0 Å². The van der Waals surface area contributed by atoms with Crippen molar-refractivity contribution in [2.75, 3.05) is 6.54 Å². The third-order valence-electron chi connectivity index (χ3n) is 3.22. The summed E-state index contributed by atoms with van der Waals surface area (Å²) in [5.41, 5.74) is 2.13. The van der Waals surface area contributed by atoms with E-state index in [1.807, 2.05) is 18.2 Å². The molecule has 0 aliphatic heterocycles. The number of hydrogen-bond donors (Lipinski definition) is 1. The first-order valence-electron chi connectivity index (χ1n) is 7.05. The highest BCUT2D eigenvalue weighted by molar-refractivity contribution is 7.05. The van der Waals surface area contributed by atoms with Gasteiger partial charge in [0.2, 0.25) is 0 Å². The molecular formula is C15H19Cl2N3S. The van der Waals surface area contributed by atoms with E-state index in [1.165, 1.54) is 11.5 Å². The molecule has 0 aliphatic carbocycles. The Morgan fingerprint density at radius 1 is 1.24 bits per heavy atom. The Morgan fingerprint density at radius 3 is 2.62 bits per heavy atom. The van der Waals surface area contributed by atoms with E-state index >= 15 is 0 Å². The maximum atomic E-state index is 6.17. The van der Waals surface area contributed by atoms with Crippen LogP contribution in [0.1, 0.15) is 55.3 Å². The van der Waals surface area contributed by atoms with Crippen LogP contribution in [0.5, 0.6) is 0 Å². The highest BCUT2D eigenvalue weighted by Crippen LogP contribution is 2.33. The fraction of sp³-hybridized carbons (Fsp3) is 0.467. The minimum Gasteiger partial charge on any atom is -0.305 e. The molecule has 2 rings (SSSR count). The van der Waals surface area contributed by atoms with Gasteiger partial charge in [0.1, 0.15) is 0 Å². The number of aromatic nitrogens is 2. The quantitative estimate of drug-likeness (QED) is 0.796. The van der Waals surface area contributed by atoms with Crippen molar-refractivity contribution in [2.45, 2.75) is 39.2 Å². The first-order valence-corrected chi connectivity index (χ1v) is 8.58. The molecule has 1 unspecified atom stereocenters. The maximum absolute atomic E-state index is 6.17. The molecule has 1 aromatic heterocycles. The molecule has 1 aromatic carbocycles. The third-order valence-corrected chi connectivity index (χ3v) is 4.77. The molecule has 114 valence electrons. The van der Waals surface area contributed by atoms with Gasteiger partial charge in [-0.3, -0.25) is 0 Å². The average molecular weight is 344 g/mol. The van der Waals surface area contributed by atoms with Crippen molar-refractivity contribution in [2.24, 2.45) is 0 Å². The largest absolute Gasteiger partial charge is 0.305 e. The second kappa shape index (κ2) is 7.54. The molecule has 0 amide bonds. The summed E-state index contributed by atoms with van der Waals surface area (Å²) in [4.78, 5) is 1.15. The zero-order chi connectivity index (χ0) is 15.4. The molecule has 6 heteroatoms. The minimum atomic E-state index is 0.0529. The molecule has 0 radical (unpaired) electrons. The molecule has 1 atom stereocenters. The summed E-state index contributed by atoms with van der Waals surface area (Å²) in [6.07, 6.45) is 1.06. The Kier molecular flexibility index (Phi) is 5.99. The van der Waals surface area contributed by atoms with Crippen molar-refractivity contribution in [3.8, 4) is 0 Å². The van der Waals surface area contributed by atoms with Gasteiger partial charge in [-0.1, -0.05) is 54.5 Å². The van der Waals surface area contributed by atoms with E-state index in [2.05, 4.69) is 35.7 Å². The van der Waals surface area contributed by atoms with E-state index < -0.39 is 0 Å². The van der Waals surface area contributed by atoms with Crippen LogP contribution < -0.4 is 5.32 Å². The van der Waals surface area contributed by atoms with Crippen molar-refractivity contribution in [3.05, 3.63) is 44.4 Å². The number of hydrogen-bond acceptors (Lipinski definition) is 4. The normalized spacial score (nSPS) is 12.9. The lowest BCUT2D eigenvalue weighted by Crippen LogP contribution is -2.23. The van der Waals surface area contributed by atoms with Crippen LogP contribution in [0.2, 0.25) is 10.0 Å². The fourth-order valence-corrected chi connectivity index (χ4v) is 3.37. The van der Waals surface area contributed by atoms with Gasteiger partial charge in [-0.2, -0.15) is 0 Å². The lowest BCUT2D eigenvalue weighted by molar-refractivity contribution is 0.596. The molecule has 21 heavy (non-hydrogen) atoms. The van der Waals surface area contributed by atoms with Crippen LogP contribution in [-0.4, -0.2) is 16.1 Å². The lowest BCUT2D eigenvalue weighted by atomic mass is 10.00. The van der Waals surface area contributed by atoms with Gasteiger partial charge < -0.3 is 5.32 Å². The van der Waals surface area contributed by atoms with Crippen molar-refractivity contribution in [1.29, 1.82) is 0 Å². The molecule has 1 N–H and O–H groups in total. The number of nitrogens with one attached hydrogen (secondary N) is 1. The zero-order valence-corrected chi connectivity index (χ0v) is 14.7. The Balaban J connectivity index is 2.42. The predicted molar refractivity (Wildman–Crippen MR) is 90.6 cm³/mol. The van der Waals surface area contributed by atoms with E-state index in [1.54, 1.807) is 0 Å². The SMILES string of the molecule is CCCNC(c1ccc(Cl)c(Cl)c1)c1snnc1C(C)C. The summed E-state index contributed by atoms with van der Waals surface area (Å²) in [7, 11) is 0. The predicted octanol–water partition coefficient (Wildman–Crippen LogP) is 5.06. The number of halogens is 2. The maximum Gasteiger partial charge on any atom is 0.0832 e. The first-order chi connectivity index (χ1) is 10.0. The zero-order valence-electron chi connectivity index (χ0n) is 12.4. The summed E-state index contributed by atoms with van der Waals surface area (Å²) in [6, 6.07) is 5.81. The van der Waals surface area contributed by atoms with Gasteiger partial charge in [0.05, 0.1) is 26.7 Å². The Hall–Kier alpha value is -0.680. The first kappa shape index (κ1) is 16.7. The van der Waals surface area contributed by atoms with Crippen LogP contribution in [0, 0.1) is 0 Å². The van der Waals surface area contributed by atoms with Crippen LogP contribution in [0.15, 0.2) is 18.2 Å². The minimum absolute atomic E-state index is 0.0529. The van der Waals surface area contributed by atoms with Crippen LogP contribution in [0.25, 0.3) is 0 Å². The van der Waals surface area contributed by atoms with Gasteiger partial charge in [-0.15, -0.1) is 5.10 Å². The van der Waals surface area contributed by atoms with E-state index in [4.69, 9.17) is 23.2 Å². The summed E-state index contributed by atoms with van der Waals surface area (Å²) in [6.45, 7) is 7.32. The van der Waals surface area contributed by atoms with Crippen LogP contribution >= 0.6 is 34.7 Å². The number of nitrogens with zero attached hydrogens (tertiary/aromatic N) is 2. The molecule has 0 saturated carbocycles. The highest BCUT2D eigenvalue weighted by atomic mass is 35.5. The van der Waals surface area contributed by atoms with E-state index in [0.29, 0.717) is 16.0 Å². The summed E-state index contributed by atoms with van der Waals surface area (Å²) >= 11 is 13.6. The molecule has 0 saturated heterocycles. The topological polar surface area (TPSA) is 37.8 Å². The van der Waals surface area contributed by atoms with E-state index in [-0.39, 0.29) is 6.04 Å². The molecule has 0 aliphatic rings. The highest BCUT2D eigenvalue weighted by Gasteiger charge is 2.22. The van der Waals surface area contributed by atoms with E-state index in [9.17, 15) is 0 Å². The van der Waals surface area contributed by atoms with Crippen molar-refractivity contribution < 1.29 is 0 Å². The number of benzene rings is 1. The molecule has 0 bridgehead atoms. The molecule has 2 aromatic rings. The van der Waals surface area contributed by atoms with Crippen molar-refractivity contribution >= 4 is 34.7 Å². The smallest absolute Gasteiger partial charge is 0.0832 e. The fourth-order valence-electron chi connectivity index (χ4n) is 2.15. The Morgan fingerprint density at radius 2 is 2.00 bits per heavy atom. The second-order valence-electron chi connectivity index (χ2n) is 5.24. The third kappa shape index (κ3) is 3.95. The molecule has 3 nitrogen and oxygen atoms in total. The lowest BCUT2D eigenvalue weighted by Gasteiger charge is -2.19. The molecule has 0 spiro atoms. The summed E-state index contributed by atoms with van der Waals surface area (Å²) in [5, 5.41) is 8.98. The summed E-state index contributed by atoms with van der Waals surface area (Å²) < 4.78 is 4.13. The molecule has 1 heterocycles. The number of rotatable bonds is 6. The van der Waals surface area contributed by atoms with Gasteiger partial charge in [0.15, 0.2) is 0 Å². The van der Waals surface area contributed by atoms with Crippen LogP contribution in [0.4, 0.5) is 0 Å². The van der Waals surface area contributed by atoms with Gasteiger partial charge in [-0.25, -0.2) is 0 Å². The van der Waals surface area contributed by atoms with Crippen LogP contribution in [0.3, 0.4) is 0 Å².